The van der Waals surface area contributed by atoms with Crippen LogP contribution >= 0.6 is 11.6 Å². The van der Waals surface area contributed by atoms with Gasteiger partial charge >= 0.3 is 0 Å². The molecule has 3 aliphatic rings. The molecule has 0 radical (unpaired) electrons. The number of methoxy groups -OCH3 is 1. The zero-order valence-electron chi connectivity index (χ0n) is 51.5. The summed E-state index contributed by atoms with van der Waals surface area (Å²) in [5.41, 5.74) is 4.87. The summed E-state index contributed by atoms with van der Waals surface area (Å²) in [6, 6.07) is 20.8. The molecule has 2 amide bonds. The number of anilines is 1. The van der Waals surface area contributed by atoms with Gasteiger partial charge < -0.3 is 24.8 Å². The smallest absolute Gasteiger partial charge is 0.294 e. The number of allylic oxidation sites excluding steroid dienone is 5. The predicted molar refractivity (Wildman–Crippen MR) is 345 cm³/mol. The highest BCUT2D eigenvalue weighted by atomic mass is 35.5. The largest absolute Gasteiger partial charge is 0.748 e. The number of ether oxygens (including phenoxy) is 1. The third-order valence-corrected chi connectivity index (χ3v) is 20.6. The van der Waals surface area contributed by atoms with E-state index in [1.807, 2.05) is 85.7 Å². The SMILES string of the molecule is COc1ccc2c(c1)C(c1ccc(Cl)cc1)=N[C@@H](CC(=O)NCCCCCNC(=O)CCCCCC1(C)/C(=C/C=C/C=C/C3[NH+](CCCCS(=O)(=O)O)c4ccc(S(=O)(=O)O)cc4C3(C)C)N(CCCCS(=O)(=O)[O-])c3ccc(S(=O)(=O)O)cc31)c1nnc(C)n1-2. The van der Waals surface area contributed by atoms with Crippen LogP contribution in [-0.4, -0.2) is 135 Å². The molecular weight excluding hydrogens is 1270 g/mol. The summed E-state index contributed by atoms with van der Waals surface area (Å²) in [6.07, 6.45) is 14.8. The van der Waals surface area contributed by atoms with Gasteiger partial charge in [0.25, 0.3) is 30.4 Å². The van der Waals surface area contributed by atoms with Gasteiger partial charge in [-0.3, -0.25) is 37.7 Å². The van der Waals surface area contributed by atoms with Crippen LogP contribution in [0.5, 0.6) is 5.75 Å². The summed E-state index contributed by atoms with van der Waals surface area (Å²) in [5.74, 6) is 0.489. The summed E-state index contributed by atoms with van der Waals surface area (Å²) in [7, 11) is -16.3. The highest BCUT2D eigenvalue weighted by Crippen LogP contribution is 2.52. The van der Waals surface area contributed by atoms with Crippen LogP contribution in [0.1, 0.15) is 144 Å². The molecular formula is C63H79ClN8O15S4. The Bertz CT molecular complexity index is 4100. The topological polar surface area (TPSA) is 338 Å². The number of hydrogen-bond acceptors (Lipinski definition) is 16. The van der Waals surface area contributed by atoms with Gasteiger partial charge in [0.2, 0.25) is 11.8 Å². The summed E-state index contributed by atoms with van der Waals surface area (Å²) < 4.78 is 144. The molecule has 0 spiro atoms. The standard InChI is InChI=1S/C63H79ClN8O15S4/c1-43-68-69-61-52(67-60(44-22-24-45(64)25-23-44)49-39-46(87-5)26-29-53(49)72(43)61)42-59(74)66-34-14-8-13-33-65-58(73)21-11-7-12-32-63(4)51-41-48(91(84,85)86)28-31-55(51)71(36-16-18-38-89(78,79)80)57(63)20-10-6-9-19-56-62(2,3)50-40-47(90(81,82)83)27-30-54(50)70(56)35-15-17-37-88(75,76)77/h6,9-10,19-20,22-31,39-41,52,56H,7-8,11-18,21,32-38,42H2,1-5H3,(H,65,73)(H,66,74)(H,75,76,77)(H,78,79,80)(H,81,82,83)(H,84,85,86)/b10-6+,19-9+,57-20-/t52-,56?,63?/m0/s1. The van der Waals surface area contributed by atoms with E-state index in [2.05, 4.69) is 20.8 Å². The van der Waals surface area contributed by atoms with Gasteiger partial charge in [0.05, 0.1) is 62.6 Å². The Labute approximate surface area is 538 Å². The number of nitrogens with one attached hydrogen (secondary N) is 3. The molecule has 5 aromatic rings. The van der Waals surface area contributed by atoms with Crippen molar-refractivity contribution in [1.29, 1.82) is 0 Å². The number of nitrogens with zero attached hydrogens (tertiary/aromatic N) is 5. The number of aromatic nitrogens is 3. The lowest BCUT2D eigenvalue weighted by Crippen LogP contribution is -3.10. The van der Waals surface area contributed by atoms with Crippen molar-refractivity contribution in [3.05, 3.63) is 154 Å². The lowest BCUT2D eigenvalue weighted by atomic mass is 9.77. The van der Waals surface area contributed by atoms with Gasteiger partial charge in [-0.2, -0.15) is 25.3 Å². The molecule has 0 saturated heterocycles. The molecule has 4 atom stereocenters. The van der Waals surface area contributed by atoms with E-state index in [1.54, 1.807) is 43.5 Å². The number of halogens is 1. The number of rotatable bonds is 31. The molecule has 3 unspecified atom stereocenters. The Hall–Kier alpha value is -6.66. The molecule has 492 valence electrons. The lowest BCUT2D eigenvalue weighted by Gasteiger charge is -2.30. The van der Waals surface area contributed by atoms with Crippen LogP contribution in [-0.2, 0) is 60.9 Å². The van der Waals surface area contributed by atoms with Crippen LogP contribution in [0, 0.1) is 6.92 Å². The first-order valence-corrected chi connectivity index (χ1v) is 36.6. The van der Waals surface area contributed by atoms with Gasteiger partial charge in [-0.1, -0.05) is 54.8 Å². The number of unbranched alkanes of at least 4 members (excludes halogenated alkanes) is 6. The zero-order valence-corrected chi connectivity index (χ0v) is 55.5. The molecule has 28 heteroatoms. The molecule has 0 aliphatic carbocycles. The number of carbonyl (C=O) groups excluding carboxylic acids is 2. The molecule has 23 nitrogen and oxygen atoms in total. The monoisotopic (exact) mass is 1350 g/mol. The van der Waals surface area contributed by atoms with Crippen molar-refractivity contribution in [3.8, 4) is 11.4 Å². The normalized spacial score (nSPS) is 19.3. The summed E-state index contributed by atoms with van der Waals surface area (Å²) in [5, 5.41) is 15.4. The first kappa shape index (κ1) is 70.2. The Morgan fingerprint density at radius 1 is 0.725 bits per heavy atom. The van der Waals surface area contributed by atoms with Crippen LogP contribution in [0.3, 0.4) is 0 Å². The molecule has 4 heterocycles. The second-order valence-electron chi connectivity index (χ2n) is 23.9. The van der Waals surface area contributed by atoms with E-state index < -0.39 is 68.9 Å². The van der Waals surface area contributed by atoms with Gasteiger partial charge in [-0.15, -0.1) is 10.2 Å². The number of amides is 2. The van der Waals surface area contributed by atoms with Crippen molar-refractivity contribution in [2.24, 2.45) is 4.99 Å². The van der Waals surface area contributed by atoms with Crippen molar-refractivity contribution >= 4 is 81.0 Å². The quantitative estimate of drug-likeness (QED) is 0.0139. The first-order valence-electron chi connectivity index (χ1n) is 30.2. The second-order valence-corrected chi connectivity index (χ2v) is 30.3. The summed E-state index contributed by atoms with van der Waals surface area (Å²) in [6.45, 7) is 9.22. The first-order chi connectivity index (χ1) is 42.9. The van der Waals surface area contributed by atoms with Gasteiger partial charge in [-0.25, -0.2) is 8.42 Å². The minimum atomic E-state index is -4.65. The molecule has 8 rings (SSSR count). The number of hydrogen-bond donors (Lipinski definition) is 6. The second kappa shape index (κ2) is 29.5. The van der Waals surface area contributed by atoms with E-state index in [4.69, 9.17) is 21.3 Å². The van der Waals surface area contributed by atoms with Gasteiger partial charge in [0.1, 0.15) is 29.3 Å². The van der Waals surface area contributed by atoms with Crippen LogP contribution in [0.2, 0.25) is 5.02 Å². The molecule has 3 aliphatic heterocycles. The van der Waals surface area contributed by atoms with E-state index in [1.165, 1.54) is 24.3 Å². The lowest BCUT2D eigenvalue weighted by molar-refractivity contribution is -0.850. The fraction of sp³-hybridized carbons (Fsp3) is 0.444. The Morgan fingerprint density at radius 2 is 1.37 bits per heavy atom. The Balaban J connectivity index is 0.880. The van der Waals surface area contributed by atoms with Crippen molar-refractivity contribution in [2.75, 3.05) is 49.7 Å². The maximum atomic E-state index is 13.5. The molecule has 0 bridgehead atoms. The maximum Gasteiger partial charge on any atom is 0.294 e. The van der Waals surface area contributed by atoms with E-state index in [9.17, 15) is 61.5 Å². The molecule has 0 saturated carbocycles. The van der Waals surface area contributed by atoms with Crippen molar-refractivity contribution in [1.82, 2.24) is 25.4 Å². The van der Waals surface area contributed by atoms with Crippen molar-refractivity contribution in [2.45, 2.75) is 144 Å². The molecule has 6 N–H and O–H groups in total. The van der Waals surface area contributed by atoms with E-state index in [-0.39, 0.29) is 66.3 Å². The van der Waals surface area contributed by atoms with Crippen LogP contribution in [0.15, 0.2) is 130 Å². The molecule has 0 fully saturated rings. The number of aliphatic imine (C=N–C) groups is 1. The van der Waals surface area contributed by atoms with Crippen molar-refractivity contribution in [3.63, 3.8) is 0 Å². The average Bonchev–Trinajstić information content (AvgIpc) is 1.61. The fourth-order valence-corrected chi connectivity index (χ4v) is 14.7. The highest BCUT2D eigenvalue weighted by Gasteiger charge is 2.48. The van der Waals surface area contributed by atoms with Crippen LogP contribution in [0.25, 0.3) is 5.69 Å². The predicted octanol–water partition coefficient (Wildman–Crippen LogP) is 8.01. The highest BCUT2D eigenvalue weighted by molar-refractivity contribution is 7.86. The Kier molecular flexibility index (Phi) is 22.8. The molecule has 1 aromatic heterocycles. The zero-order chi connectivity index (χ0) is 66.1. The van der Waals surface area contributed by atoms with Gasteiger partial charge in [0, 0.05) is 76.4 Å². The third kappa shape index (κ3) is 17.7. The van der Waals surface area contributed by atoms with E-state index in [0.29, 0.717) is 110 Å². The number of fused-ring (bicyclic) bond motifs is 5. The minimum absolute atomic E-state index is 0.0209. The maximum absolute atomic E-state index is 13.5. The van der Waals surface area contributed by atoms with Crippen molar-refractivity contribution < 1.29 is 71.1 Å². The van der Waals surface area contributed by atoms with Gasteiger partial charge in [0.15, 0.2) is 5.82 Å². The van der Waals surface area contributed by atoms with Crippen LogP contribution < -0.4 is 25.2 Å². The number of quaternary nitrogens is 1. The third-order valence-electron chi connectivity index (χ3n) is 17.1. The summed E-state index contributed by atoms with van der Waals surface area (Å²) >= 11 is 6.26. The number of carbonyl (C=O) groups is 2. The average molecular weight is 1350 g/mol. The molecule has 4 aromatic carbocycles. The fourth-order valence-electron chi connectivity index (χ4n) is 12.5. The number of benzene rings is 4. The molecule has 91 heavy (non-hydrogen) atoms. The van der Waals surface area contributed by atoms with Gasteiger partial charge in [-0.05, 0) is 164 Å². The summed E-state index contributed by atoms with van der Waals surface area (Å²) in [4.78, 5) is 34.0. The Morgan fingerprint density at radius 3 is 2.04 bits per heavy atom. The van der Waals surface area contributed by atoms with Crippen LogP contribution in [0.4, 0.5) is 11.4 Å². The van der Waals surface area contributed by atoms with E-state index in [0.717, 1.165) is 39.5 Å². The number of aryl methyl sites for hydroxylation is 1. The van der Waals surface area contributed by atoms with E-state index >= 15 is 0 Å². The minimum Gasteiger partial charge on any atom is -0.748 e.